The van der Waals surface area contributed by atoms with Crippen LogP contribution >= 0.6 is 0 Å². The number of anilines is 1. The van der Waals surface area contributed by atoms with Crippen molar-refractivity contribution in [3.8, 4) is 0 Å². The number of rotatable bonds is 3. The molecule has 0 radical (unpaired) electrons. The van der Waals surface area contributed by atoms with E-state index in [4.69, 9.17) is 4.74 Å². The molecule has 1 aromatic heterocycles. The van der Waals surface area contributed by atoms with Gasteiger partial charge in [0.1, 0.15) is 0 Å². The largest absolute Gasteiger partial charge is 0.382 e. The van der Waals surface area contributed by atoms with Gasteiger partial charge in [-0.25, -0.2) is 4.98 Å². The van der Waals surface area contributed by atoms with Crippen molar-refractivity contribution in [2.45, 2.75) is 25.8 Å². The van der Waals surface area contributed by atoms with E-state index in [1.807, 2.05) is 0 Å². The van der Waals surface area contributed by atoms with E-state index in [2.05, 4.69) is 17.2 Å². The minimum absolute atomic E-state index is 0.339. The van der Waals surface area contributed by atoms with Crippen molar-refractivity contribution in [2.24, 2.45) is 5.92 Å². The summed E-state index contributed by atoms with van der Waals surface area (Å²) in [5, 5.41) is 3.32. The summed E-state index contributed by atoms with van der Waals surface area (Å²) in [4.78, 5) is 3.53. The third kappa shape index (κ3) is 2.92. The van der Waals surface area contributed by atoms with E-state index in [-0.39, 0.29) is 0 Å². The summed E-state index contributed by atoms with van der Waals surface area (Å²) >= 11 is 0. The van der Waals surface area contributed by atoms with E-state index in [0.717, 1.165) is 31.7 Å². The maximum atomic E-state index is 12.9. The first-order valence-corrected chi connectivity index (χ1v) is 5.71. The van der Waals surface area contributed by atoms with Crippen LogP contribution in [0, 0.1) is 11.9 Å². The standard InChI is InChI=1S/C12H17FN2O/c1-9(10-3-6-16-7-4-10)15-11-2-5-14-12(13)8-11/h2,5,8-10H,3-4,6-7H2,1H3,(H,14,15). The smallest absolute Gasteiger partial charge is 0.214 e. The second kappa shape index (κ2) is 5.25. The fraction of sp³-hybridized carbons (Fsp3) is 0.583. The maximum absolute atomic E-state index is 12.9. The average Bonchev–Trinajstić information content (AvgIpc) is 2.30. The topological polar surface area (TPSA) is 34.2 Å². The molecule has 3 nitrogen and oxygen atoms in total. The highest BCUT2D eigenvalue weighted by molar-refractivity contribution is 5.42. The molecule has 88 valence electrons. The van der Waals surface area contributed by atoms with Crippen LogP contribution < -0.4 is 5.32 Å². The Morgan fingerprint density at radius 2 is 2.25 bits per heavy atom. The molecule has 2 rings (SSSR count). The predicted octanol–water partition coefficient (Wildman–Crippen LogP) is 2.45. The fourth-order valence-corrected chi connectivity index (χ4v) is 2.09. The summed E-state index contributed by atoms with van der Waals surface area (Å²) in [6.07, 6.45) is 3.62. The summed E-state index contributed by atoms with van der Waals surface area (Å²) in [5.41, 5.74) is 0.798. The first-order valence-electron chi connectivity index (χ1n) is 5.71. The molecule has 4 heteroatoms. The highest BCUT2D eigenvalue weighted by atomic mass is 19.1. The van der Waals surface area contributed by atoms with Gasteiger partial charge >= 0.3 is 0 Å². The van der Waals surface area contributed by atoms with Crippen LogP contribution in [0.5, 0.6) is 0 Å². The summed E-state index contributed by atoms with van der Waals surface area (Å²) in [5.74, 6) is 0.161. The average molecular weight is 224 g/mol. The molecule has 0 aromatic carbocycles. The minimum atomic E-state index is -0.441. The van der Waals surface area contributed by atoms with E-state index >= 15 is 0 Å². The van der Waals surface area contributed by atoms with E-state index < -0.39 is 5.95 Å². The molecule has 2 heterocycles. The zero-order valence-corrected chi connectivity index (χ0v) is 9.45. The van der Waals surface area contributed by atoms with E-state index in [0.29, 0.717) is 12.0 Å². The van der Waals surface area contributed by atoms with E-state index in [1.54, 1.807) is 6.07 Å². The molecule has 1 aliphatic heterocycles. The lowest BCUT2D eigenvalue weighted by Gasteiger charge is -2.29. The Morgan fingerprint density at radius 1 is 1.50 bits per heavy atom. The van der Waals surface area contributed by atoms with Gasteiger partial charge in [-0.05, 0) is 31.7 Å². The minimum Gasteiger partial charge on any atom is -0.382 e. The van der Waals surface area contributed by atoms with Crippen molar-refractivity contribution in [3.05, 3.63) is 24.3 Å². The molecule has 1 atom stereocenters. The van der Waals surface area contributed by atoms with E-state index in [1.165, 1.54) is 12.3 Å². The summed E-state index contributed by atoms with van der Waals surface area (Å²) < 4.78 is 18.2. The lowest BCUT2D eigenvalue weighted by atomic mass is 9.93. The van der Waals surface area contributed by atoms with Crippen molar-refractivity contribution in [2.75, 3.05) is 18.5 Å². The third-order valence-corrected chi connectivity index (χ3v) is 3.09. The molecule has 1 saturated heterocycles. The van der Waals surface area contributed by atoms with Gasteiger partial charge in [0.2, 0.25) is 5.95 Å². The van der Waals surface area contributed by atoms with Gasteiger partial charge in [-0.15, -0.1) is 0 Å². The first kappa shape index (κ1) is 11.3. The first-order chi connectivity index (χ1) is 7.75. The Morgan fingerprint density at radius 3 is 2.94 bits per heavy atom. The SMILES string of the molecule is CC(Nc1ccnc(F)c1)C1CCOCC1. The number of pyridine rings is 1. The molecule has 1 aliphatic rings. The highest BCUT2D eigenvalue weighted by Crippen LogP contribution is 2.21. The van der Waals surface area contributed by atoms with E-state index in [9.17, 15) is 4.39 Å². The van der Waals surface area contributed by atoms with Gasteiger partial charge in [0, 0.05) is 37.2 Å². The number of nitrogens with one attached hydrogen (secondary N) is 1. The monoisotopic (exact) mass is 224 g/mol. The van der Waals surface area contributed by atoms with Gasteiger partial charge in [0.05, 0.1) is 0 Å². The molecule has 16 heavy (non-hydrogen) atoms. The predicted molar refractivity (Wildman–Crippen MR) is 60.8 cm³/mol. The number of aromatic nitrogens is 1. The molecule has 0 amide bonds. The van der Waals surface area contributed by atoms with Crippen molar-refractivity contribution in [1.29, 1.82) is 0 Å². The Labute approximate surface area is 95.0 Å². The molecular weight excluding hydrogens is 207 g/mol. The van der Waals surface area contributed by atoms with Crippen molar-refractivity contribution in [1.82, 2.24) is 4.98 Å². The number of hydrogen-bond donors (Lipinski definition) is 1. The molecule has 1 fully saturated rings. The number of ether oxygens (including phenoxy) is 1. The lowest BCUT2D eigenvalue weighted by molar-refractivity contribution is 0.0622. The van der Waals surface area contributed by atoms with Crippen LogP contribution in [-0.4, -0.2) is 24.2 Å². The van der Waals surface area contributed by atoms with Gasteiger partial charge in [-0.2, -0.15) is 4.39 Å². The Kier molecular flexibility index (Phi) is 3.72. The number of nitrogens with zero attached hydrogens (tertiary/aromatic N) is 1. The van der Waals surface area contributed by atoms with Crippen LogP contribution in [-0.2, 0) is 4.74 Å². The molecule has 0 spiro atoms. The van der Waals surface area contributed by atoms with Gasteiger partial charge in [0.15, 0.2) is 0 Å². The summed E-state index contributed by atoms with van der Waals surface area (Å²) in [6, 6.07) is 3.56. The summed E-state index contributed by atoms with van der Waals surface area (Å²) in [7, 11) is 0. The van der Waals surface area contributed by atoms with Gasteiger partial charge in [-0.1, -0.05) is 0 Å². The molecule has 0 saturated carbocycles. The number of hydrogen-bond acceptors (Lipinski definition) is 3. The second-order valence-corrected chi connectivity index (χ2v) is 4.25. The van der Waals surface area contributed by atoms with Crippen LogP contribution in [0.1, 0.15) is 19.8 Å². The molecular formula is C12H17FN2O. The normalized spacial score (nSPS) is 19.4. The lowest BCUT2D eigenvalue weighted by Crippen LogP contribution is -2.30. The van der Waals surface area contributed by atoms with Crippen LogP contribution in [0.3, 0.4) is 0 Å². The molecule has 0 aliphatic carbocycles. The second-order valence-electron chi connectivity index (χ2n) is 4.25. The zero-order chi connectivity index (χ0) is 11.4. The van der Waals surface area contributed by atoms with Gasteiger partial charge < -0.3 is 10.1 Å². The third-order valence-electron chi connectivity index (χ3n) is 3.09. The van der Waals surface area contributed by atoms with Crippen LogP contribution in [0.2, 0.25) is 0 Å². The zero-order valence-electron chi connectivity index (χ0n) is 9.45. The molecule has 1 N–H and O–H groups in total. The summed E-state index contributed by atoms with van der Waals surface area (Å²) in [6.45, 7) is 3.80. The molecule has 0 bridgehead atoms. The quantitative estimate of drug-likeness (QED) is 0.801. The molecule has 1 aromatic rings. The Hall–Kier alpha value is -1.16. The highest BCUT2D eigenvalue weighted by Gasteiger charge is 2.20. The van der Waals surface area contributed by atoms with Crippen molar-refractivity contribution in [3.63, 3.8) is 0 Å². The van der Waals surface area contributed by atoms with Crippen molar-refractivity contribution >= 4 is 5.69 Å². The van der Waals surface area contributed by atoms with Gasteiger partial charge in [-0.3, -0.25) is 0 Å². The Bertz CT molecular complexity index is 340. The van der Waals surface area contributed by atoms with Gasteiger partial charge in [0.25, 0.3) is 0 Å². The molecule has 1 unspecified atom stereocenters. The van der Waals surface area contributed by atoms with Crippen molar-refractivity contribution < 1.29 is 9.13 Å². The van der Waals surface area contributed by atoms with Crippen LogP contribution in [0.15, 0.2) is 18.3 Å². The Balaban J connectivity index is 1.93. The maximum Gasteiger partial charge on any atom is 0.214 e. The van der Waals surface area contributed by atoms with Crippen LogP contribution in [0.25, 0.3) is 0 Å². The number of halogens is 1. The van der Waals surface area contributed by atoms with Crippen LogP contribution in [0.4, 0.5) is 10.1 Å². The fourth-order valence-electron chi connectivity index (χ4n) is 2.09.